The number of hydrogen-bond acceptors (Lipinski definition) is 5. The molecule has 0 amide bonds. The average molecular weight is 262 g/mol. The van der Waals surface area contributed by atoms with Crippen LogP contribution >= 0.6 is 0 Å². The monoisotopic (exact) mass is 262 g/mol. The second-order valence-corrected chi connectivity index (χ2v) is 5.31. The Morgan fingerprint density at radius 3 is 2.42 bits per heavy atom. The Bertz CT molecular complexity index is 389. The van der Waals surface area contributed by atoms with Crippen LogP contribution in [0.2, 0.25) is 0 Å². The lowest BCUT2D eigenvalue weighted by molar-refractivity contribution is 0.122. The average Bonchev–Trinajstić information content (AvgIpc) is 2.48. The van der Waals surface area contributed by atoms with Gasteiger partial charge >= 0.3 is 0 Å². The van der Waals surface area contributed by atoms with Crippen molar-refractivity contribution >= 4 is 11.8 Å². The number of ether oxygens (including phenoxy) is 1. The van der Waals surface area contributed by atoms with Gasteiger partial charge in [-0.15, -0.1) is 0 Å². The molecule has 2 saturated heterocycles. The van der Waals surface area contributed by atoms with Crippen LogP contribution in [-0.2, 0) is 4.74 Å². The van der Waals surface area contributed by atoms with Gasteiger partial charge in [-0.2, -0.15) is 4.98 Å². The predicted molar refractivity (Wildman–Crippen MR) is 75.9 cm³/mol. The summed E-state index contributed by atoms with van der Waals surface area (Å²) in [7, 11) is 0. The van der Waals surface area contributed by atoms with E-state index in [9.17, 15) is 0 Å². The Balaban J connectivity index is 1.82. The quantitative estimate of drug-likeness (QED) is 0.810. The van der Waals surface area contributed by atoms with E-state index in [1.807, 2.05) is 0 Å². The maximum atomic E-state index is 5.40. The molecule has 5 heteroatoms. The topological polar surface area (TPSA) is 41.5 Å². The number of rotatable bonds is 2. The van der Waals surface area contributed by atoms with E-state index in [0.29, 0.717) is 0 Å². The van der Waals surface area contributed by atoms with Gasteiger partial charge in [-0.3, -0.25) is 0 Å². The summed E-state index contributed by atoms with van der Waals surface area (Å²) >= 11 is 0. The Morgan fingerprint density at radius 2 is 1.68 bits per heavy atom. The molecule has 0 spiro atoms. The van der Waals surface area contributed by atoms with Gasteiger partial charge in [0, 0.05) is 37.9 Å². The summed E-state index contributed by atoms with van der Waals surface area (Å²) in [6.07, 6.45) is 3.84. The van der Waals surface area contributed by atoms with Crippen molar-refractivity contribution in [3.05, 3.63) is 11.8 Å². The number of aromatic nitrogens is 2. The summed E-state index contributed by atoms with van der Waals surface area (Å²) in [6, 6.07) is 2.08. The molecule has 0 N–H and O–H groups in total. The van der Waals surface area contributed by atoms with Crippen molar-refractivity contribution in [1.82, 2.24) is 9.97 Å². The lowest BCUT2D eigenvalue weighted by Gasteiger charge is -2.30. The smallest absolute Gasteiger partial charge is 0.227 e. The van der Waals surface area contributed by atoms with Gasteiger partial charge in [0.2, 0.25) is 5.95 Å². The van der Waals surface area contributed by atoms with Gasteiger partial charge in [-0.05, 0) is 26.2 Å². The molecule has 0 unspecified atom stereocenters. The predicted octanol–water partition coefficient (Wildman–Crippen LogP) is 1.61. The number of morpholine rings is 1. The van der Waals surface area contributed by atoms with Crippen LogP contribution in [0.5, 0.6) is 0 Å². The zero-order valence-electron chi connectivity index (χ0n) is 11.6. The summed E-state index contributed by atoms with van der Waals surface area (Å²) in [6.45, 7) is 7.67. The minimum absolute atomic E-state index is 0.794. The molecular weight excluding hydrogens is 240 g/mol. The number of piperidine rings is 1. The van der Waals surface area contributed by atoms with Crippen LogP contribution in [0.15, 0.2) is 6.07 Å². The molecule has 2 fully saturated rings. The van der Waals surface area contributed by atoms with Gasteiger partial charge in [-0.1, -0.05) is 0 Å². The molecule has 1 aromatic heterocycles. The third-order valence-corrected chi connectivity index (χ3v) is 3.80. The zero-order chi connectivity index (χ0) is 13.1. The molecule has 2 aliphatic heterocycles. The van der Waals surface area contributed by atoms with E-state index < -0.39 is 0 Å². The van der Waals surface area contributed by atoms with Gasteiger partial charge in [0.25, 0.3) is 0 Å². The maximum Gasteiger partial charge on any atom is 0.227 e. The first-order valence-corrected chi connectivity index (χ1v) is 7.26. The summed E-state index contributed by atoms with van der Waals surface area (Å²) in [4.78, 5) is 14.0. The summed E-state index contributed by atoms with van der Waals surface area (Å²) in [5, 5.41) is 0. The largest absolute Gasteiger partial charge is 0.378 e. The van der Waals surface area contributed by atoms with Gasteiger partial charge in [0.1, 0.15) is 5.82 Å². The van der Waals surface area contributed by atoms with E-state index in [4.69, 9.17) is 9.72 Å². The van der Waals surface area contributed by atoms with E-state index >= 15 is 0 Å². The highest BCUT2D eigenvalue weighted by atomic mass is 16.5. The SMILES string of the molecule is Cc1cc(N2CCOCC2)nc(N2CCCCC2)n1. The first-order chi connectivity index (χ1) is 9.33. The first kappa shape index (κ1) is 12.7. The van der Waals surface area contributed by atoms with Crippen LogP contribution in [0.3, 0.4) is 0 Å². The van der Waals surface area contributed by atoms with E-state index in [2.05, 4.69) is 27.8 Å². The summed E-state index contributed by atoms with van der Waals surface area (Å²) in [5.74, 6) is 1.96. The van der Waals surface area contributed by atoms with Crippen LogP contribution in [0, 0.1) is 6.92 Å². The highest BCUT2D eigenvalue weighted by Gasteiger charge is 2.18. The number of nitrogens with zero attached hydrogens (tertiary/aromatic N) is 4. The minimum atomic E-state index is 0.794. The molecule has 104 valence electrons. The van der Waals surface area contributed by atoms with Crippen LogP contribution < -0.4 is 9.80 Å². The van der Waals surface area contributed by atoms with Crippen molar-refractivity contribution in [3.63, 3.8) is 0 Å². The molecule has 3 rings (SSSR count). The van der Waals surface area contributed by atoms with E-state index in [1.54, 1.807) is 0 Å². The molecule has 3 heterocycles. The Labute approximate surface area is 114 Å². The van der Waals surface area contributed by atoms with Gasteiger partial charge in [-0.25, -0.2) is 4.98 Å². The van der Waals surface area contributed by atoms with Crippen molar-refractivity contribution in [2.24, 2.45) is 0 Å². The lowest BCUT2D eigenvalue weighted by Crippen LogP contribution is -2.37. The van der Waals surface area contributed by atoms with Crippen molar-refractivity contribution in [1.29, 1.82) is 0 Å². The molecule has 0 aliphatic carbocycles. The van der Waals surface area contributed by atoms with Crippen LogP contribution in [-0.4, -0.2) is 49.4 Å². The van der Waals surface area contributed by atoms with Gasteiger partial charge < -0.3 is 14.5 Å². The van der Waals surface area contributed by atoms with Gasteiger partial charge in [0.15, 0.2) is 0 Å². The molecular formula is C14H22N4O. The minimum Gasteiger partial charge on any atom is -0.378 e. The van der Waals surface area contributed by atoms with Crippen molar-refractivity contribution in [2.45, 2.75) is 26.2 Å². The zero-order valence-corrected chi connectivity index (χ0v) is 11.6. The van der Waals surface area contributed by atoms with Crippen LogP contribution in [0.25, 0.3) is 0 Å². The second kappa shape index (κ2) is 5.74. The molecule has 0 aromatic carbocycles. The molecule has 0 radical (unpaired) electrons. The highest BCUT2D eigenvalue weighted by molar-refractivity contribution is 5.46. The normalized spacial score (nSPS) is 20.7. The fraction of sp³-hybridized carbons (Fsp3) is 0.714. The third-order valence-electron chi connectivity index (χ3n) is 3.80. The van der Waals surface area contributed by atoms with Crippen LogP contribution in [0.1, 0.15) is 25.0 Å². The second-order valence-electron chi connectivity index (χ2n) is 5.31. The molecule has 5 nitrogen and oxygen atoms in total. The van der Waals surface area contributed by atoms with Crippen molar-refractivity contribution in [2.75, 3.05) is 49.2 Å². The summed E-state index contributed by atoms with van der Waals surface area (Å²) in [5.41, 5.74) is 1.05. The third kappa shape index (κ3) is 2.97. The molecule has 19 heavy (non-hydrogen) atoms. The number of hydrogen-bond donors (Lipinski definition) is 0. The van der Waals surface area contributed by atoms with E-state index in [1.165, 1.54) is 19.3 Å². The molecule has 2 aliphatic rings. The standard InChI is InChI=1S/C14H22N4O/c1-12-11-13(17-7-9-19-10-8-17)16-14(15-12)18-5-3-2-4-6-18/h11H,2-10H2,1H3. The Hall–Kier alpha value is -1.36. The molecule has 0 saturated carbocycles. The van der Waals surface area contributed by atoms with Crippen LogP contribution in [0.4, 0.5) is 11.8 Å². The molecule has 0 atom stereocenters. The van der Waals surface area contributed by atoms with Gasteiger partial charge in [0.05, 0.1) is 13.2 Å². The Morgan fingerprint density at radius 1 is 0.947 bits per heavy atom. The molecule has 0 bridgehead atoms. The van der Waals surface area contributed by atoms with E-state index in [0.717, 1.165) is 56.9 Å². The first-order valence-electron chi connectivity index (χ1n) is 7.26. The molecule has 1 aromatic rings. The highest BCUT2D eigenvalue weighted by Crippen LogP contribution is 2.21. The maximum absolute atomic E-state index is 5.40. The fourth-order valence-corrected chi connectivity index (χ4v) is 2.73. The van der Waals surface area contributed by atoms with Crippen molar-refractivity contribution in [3.8, 4) is 0 Å². The van der Waals surface area contributed by atoms with Crippen molar-refractivity contribution < 1.29 is 4.74 Å². The van der Waals surface area contributed by atoms with E-state index in [-0.39, 0.29) is 0 Å². The number of anilines is 2. The summed E-state index contributed by atoms with van der Waals surface area (Å²) < 4.78 is 5.40. The fourth-order valence-electron chi connectivity index (χ4n) is 2.73. The lowest BCUT2D eigenvalue weighted by atomic mass is 10.1. The Kier molecular flexibility index (Phi) is 3.82. The number of aryl methyl sites for hydroxylation is 1.